The minimum Gasteiger partial charge on any atom is -0.497 e. The first-order chi connectivity index (χ1) is 9.04. The van der Waals surface area contributed by atoms with Crippen LogP contribution < -0.4 is 14.8 Å². The summed E-state index contributed by atoms with van der Waals surface area (Å²) in [6.45, 7) is 2.38. The number of nitrogens with one attached hydrogen (secondary N) is 1. The van der Waals surface area contributed by atoms with Crippen LogP contribution in [0.1, 0.15) is 24.8 Å². The maximum Gasteiger partial charge on any atom is 0.137 e. The molecular formula is C14H20BrNO3. The van der Waals surface area contributed by atoms with Crippen LogP contribution in [0.25, 0.3) is 0 Å². The number of hydrogen-bond donors (Lipinski definition) is 1. The third-order valence-electron chi connectivity index (χ3n) is 3.04. The molecule has 5 heteroatoms. The highest BCUT2D eigenvalue weighted by molar-refractivity contribution is 9.10. The highest BCUT2D eigenvalue weighted by Crippen LogP contribution is 2.39. The van der Waals surface area contributed by atoms with E-state index in [4.69, 9.17) is 9.47 Å². The number of methoxy groups -OCH3 is 2. The smallest absolute Gasteiger partial charge is 0.137 e. The van der Waals surface area contributed by atoms with Crippen LogP contribution in [-0.4, -0.2) is 33.6 Å². The van der Waals surface area contributed by atoms with Crippen LogP contribution in [-0.2, 0) is 4.79 Å². The van der Waals surface area contributed by atoms with Gasteiger partial charge in [0.05, 0.1) is 14.2 Å². The average molecular weight is 330 g/mol. The lowest BCUT2D eigenvalue weighted by Gasteiger charge is -2.20. The van der Waals surface area contributed by atoms with Gasteiger partial charge in [0, 0.05) is 22.0 Å². The van der Waals surface area contributed by atoms with Crippen molar-refractivity contribution in [3.63, 3.8) is 0 Å². The number of hydrogen-bond acceptors (Lipinski definition) is 4. The summed E-state index contributed by atoms with van der Waals surface area (Å²) >= 11 is 3.51. The van der Waals surface area contributed by atoms with E-state index in [0.29, 0.717) is 11.5 Å². The topological polar surface area (TPSA) is 47.6 Å². The molecule has 0 bridgehead atoms. The summed E-state index contributed by atoms with van der Waals surface area (Å²) in [4.78, 5) is 11.9. The van der Waals surface area contributed by atoms with E-state index in [-0.39, 0.29) is 11.7 Å². The third-order valence-corrected chi connectivity index (χ3v) is 3.70. The molecule has 0 aliphatic heterocycles. The van der Waals surface area contributed by atoms with E-state index in [1.807, 2.05) is 13.1 Å². The molecule has 1 aromatic carbocycles. The molecule has 1 aromatic rings. The Labute approximate surface area is 122 Å². The predicted molar refractivity (Wildman–Crippen MR) is 79.2 cm³/mol. The number of Topliss-reactive ketones (excluding diaryl/α,β-unsaturated/α-hetero) is 1. The zero-order valence-corrected chi connectivity index (χ0v) is 13.3. The summed E-state index contributed by atoms with van der Waals surface area (Å²) in [6, 6.07) is 3.66. The van der Waals surface area contributed by atoms with Gasteiger partial charge in [-0.2, -0.15) is 0 Å². The van der Waals surface area contributed by atoms with Crippen molar-refractivity contribution < 1.29 is 14.3 Å². The molecule has 1 N–H and O–H groups in total. The second-order valence-corrected chi connectivity index (χ2v) is 5.13. The molecule has 4 nitrogen and oxygen atoms in total. The second-order valence-electron chi connectivity index (χ2n) is 4.28. The Morgan fingerprint density at radius 2 is 2.05 bits per heavy atom. The third kappa shape index (κ3) is 3.94. The van der Waals surface area contributed by atoms with Crippen molar-refractivity contribution in [1.29, 1.82) is 0 Å². The minimum absolute atomic E-state index is 0.124. The largest absolute Gasteiger partial charge is 0.497 e. The van der Waals surface area contributed by atoms with E-state index >= 15 is 0 Å². The molecular weight excluding hydrogens is 310 g/mol. The van der Waals surface area contributed by atoms with Crippen LogP contribution in [0.2, 0.25) is 0 Å². The van der Waals surface area contributed by atoms with Gasteiger partial charge < -0.3 is 14.8 Å². The number of ketones is 1. The number of carbonyl (C=O) groups is 1. The van der Waals surface area contributed by atoms with Crippen molar-refractivity contribution in [1.82, 2.24) is 5.32 Å². The van der Waals surface area contributed by atoms with E-state index < -0.39 is 0 Å². The Hall–Kier alpha value is -1.07. The number of carbonyl (C=O) groups excluding carboxylic acids is 1. The Balaban J connectivity index is 3.24. The van der Waals surface area contributed by atoms with Crippen molar-refractivity contribution in [3.05, 3.63) is 22.2 Å². The Morgan fingerprint density at radius 3 is 2.53 bits per heavy atom. The molecule has 0 aliphatic rings. The molecule has 1 rings (SSSR count). The summed E-state index contributed by atoms with van der Waals surface area (Å²) in [6.07, 6.45) is 0.729. The second kappa shape index (κ2) is 7.50. The van der Waals surface area contributed by atoms with Crippen molar-refractivity contribution in [2.24, 2.45) is 0 Å². The van der Waals surface area contributed by atoms with Crippen LogP contribution in [0.4, 0.5) is 0 Å². The maximum atomic E-state index is 11.9. The van der Waals surface area contributed by atoms with Gasteiger partial charge >= 0.3 is 0 Å². The Bertz CT molecular complexity index is 449. The summed E-state index contributed by atoms with van der Waals surface area (Å²) in [5.74, 6) is 1.30. The quantitative estimate of drug-likeness (QED) is 0.835. The fourth-order valence-electron chi connectivity index (χ4n) is 2.03. The zero-order valence-electron chi connectivity index (χ0n) is 11.7. The molecule has 106 valence electrons. The van der Waals surface area contributed by atoms with Gasteiger partial charge in [0.25, 0.3) is 0 Å². The number of rotatable bonds is 7. The first kappa shape index (κ1) is 16.0. The van der Waals surface area contributed by atoms with Crippen molar-refractivity contribution in [2.75, 3.05) is 27.8 Å². The molecule has 1 atom stereocenters. The van der Waals surface area contributed by atoms with Crippen LogP contribution in [0.15, 0.2) is 16.6 Å². The molecule has 0 spiro atoms. The van der Waals surface area contributed by atoms with Gasteiger partial charge in [0.1, 0.15) is 17.3 Å². The molecule has 19 heavy (non-hydrogen) atoms. The molecule has 0 radical (unpaired) electrons. The van der Waals surface area contributed by atoms with Crippen LogP contribution in [0, 0.1) is 0 Å². The van der Waals surface area contributed by atoms with Crippen LogP contribution >= 0.6 is 15.9 Å². The maximum absolute atomic E-state index is 11.9. The summed E-state index contributed by atoms with van der Waals surface area (Å²) in [7, 11) is 5.07. The lowest BCUT2D eigenvalue weighted by Crippen LogP contribution is -2.18. The molecule has 0 aromatic heterocycles. The molecule has 0 fully saturated rings. The monoisotopic (exact) mass is 329 g/mol. The van der Waals surface area contributed by atoms with Crippen LogP contribution in [0.3, 0.4) is 0 Å². The Kier molecular flexibility index (Phi) is 6.31. The normalized spacial score (nSPS) is 12.1. The first-order valence-electron chi connectivity index (χ1n) is 6.11. The molecule has 1 unspecified atom stereocenters. The standard InChI is InChI=1S/C14H20BrNO3/c1-9(17)11(5-6-16-2)14-12(15)7-10(18-3)8-13(14)19-4/h7-8,11,16H,5-6H2,1-4H3. The highest BCUT2D eigenvalue weighted by atomic mass is 79.9. The van der Waals surface area contributed by atoms with Crippen molar-refractivity contribution >= 4 is 21.7 Å². The fraction of sp³-hybridized carbons (Fsp3) is 0.500. The van der Waals surface area contributed by atoms with E-state index in [1.165, 1.54) is 0 Å². The lowest BCUT2D eigenvalue weighted by atomic mass is 9.91. The van der Waals surface area contributed by atoms with Gasteiger partial charge in [0.15, 0.2) is 0 Å². The van der Waals surface area contributed by atoms with Gasteiger partial charge in [0.2, 0.25) is 0 Å². The molecule has 0 saturated carbocycles. The van der Waals surface area contributed by atoms with Crippen molar-refractivity contribution in [2.45, 2.75) is 19.3 Å². The van der Waals surface area contributed by atoms with E-state index in [1.54, 1.807) is 27.2 Å². The lowest BCUT2D eigenvalue weighted by molar-refractivity contribution is -0.118. The average Bonchev–Trinajstić information content (AvgIpc) is 2.39. The number of halogens is 1. The van der Waals surface area contributed by atoms with E-state index in [9.17, 15) is 4.79 Å². The van der Waals surface area contributed by atoms with Gasteiger partial charge in [-0.15, -0.1) is 0 Å². The SMILES string of the molecule is CNCCC(C(C)=O)c1c(Br)cc(OC)cc1OC. The van der Waals surface area contributed by atoms with Gasteiger partial charge in [-0.1, -0.05) is 15.9 Å². The zero-order chi connectivity index (χ0) is 14.4. The van der Waals surface area contributed by atoms with Gasteiger partial charge in [-0.25, -0.2) is 0 Å². The van der Waals surface area contributed by atoms with Crippen molar-refractivity contribution in [3.8, 4) is 11.5 Å². The van der Waals surface area contributed by atoms with Gasteiger partial charge in [-0.3, -0.25) is 4.79 Å². The number of benzene rings is 1. The van der Waals surface area contributed by atoms with E-state index in [0.717, 1.165) is 23.0 Å². The predicted octanol–water partition coefficient (Wildman–Crippen LogP) is 2.75. The van der Waals surface area contributed by atoms with Crippen LogP contribution in [0.5, 0.6) is 11.5 Å². The molecule has 0 amide bonds. The summed E-state index contributed by atoms with van der Waals surface area (Å²) in [5, 5.41) is 3.07. The molecule has 0 saturated heterocycles. The number of ether oxygens (including phenoxy) is 2. The van der Waals surface area contributed by atoms with E-state index in [2.05, 4.69) is 21.2 Å². The summed E-state index contributed by atoms with van der Waals surface area (Å²) < 4.78 is 11.4. The Morgan fingerprint density at radius 1 is 1.37 bits per heavy atom. The highest BCUT2D eigenvalue weighted by Gasteiger charge is 2.24. The molecule has 0 heterocycles. The fourth-order valence-corrected chi connectivity index (χ4v) is 2.73. The summed E-state index contributed by atoms with van der Waals surface area (Å²) in [5.41, 5.74) is 0.881. The minimum atomic E-state index is -0.192. The first-order valence-corrected chi connectivity index (χ1v) is 6.90. The molecule has 0 aliphatic carbocycles. The van der Waals surface area contributed by atoms with Gasteiger partial charge in [-0.05, 0) is 33.0 Å².